The first-order valence-electron chi connectivity index (χ1n) is 6.64. The van der Waals surface area contributed by atoms with Crippen molar-refractivity contribution in [1.82, 2.24) is 4.98 Å². The number of benzene rings is 1. The Morgan fingerprint density at radius 1 is 1.45 bits per heavy atom. The molecule has 0 spiro atoms. The number of nitrogens with zero attached hydrogens (tertiary/aromatic N) is 2. The van der Waals surface area contributed by atoms with E-state index in [1.54, 1.807) is 6.20 Å². The largest absolute Gasteiger partial charge is 0.398 e. The highest BCUT2D eigenvalue weighted by atomic mass is 14.7. The fourth-order valence-electron chi connectivity index (χ4n) is 2.16. The van der Waals surface area contributed by atoms with Crippen LogP contribution in [0.2, 0.25) is 0 Å². The molecule has 102 valence electrons. The smallest absolute Gasteiger partial charge is 0.0706 e. The fourth-order valence-corrected chi connectivity index (χ4v) is 2.16. The highest BCUT2D eigenvalue weighted by Crippen LogP contribution is 2.22. The Bertz CT molecular complexity index is 684. The van der Waals surface area contributed by atoms with E-state index in [1.165, 1.54) is 0 Å². The molecule has 0 amide bonds. The number of rotatable bonds is 5. The second kappa shape index (κ2) is 6.15. The molecule has 0 aliphatic rings. The lowest BCUT2D eigenvalue weighted by atomic mass is 10.0. The van der Waals surface area contributed by atoms with Crippen molar-refractivity contribution in [2.45, 2.75) is 19.8 Å². The van der Waals surface area contributed by atoms with Crippen molar-refractivity contribution in [2.75, 3.05) is 5.73 Å². The lowest BCUT2D eigenvalue weighted by Gasteiger charge is -2.07. The van der Waals surface area contributed by atoms with Crippen molar-refractivity contribution in [3.63, 3.8) is 0 Å². The van der Waals surface area contributed by atoms with Crippen LogP contribution in [0.25, 0.3) is 10.9 Å². The summed E-state index contributed by atoms with van der Waals surface area (Å²) in [6.45, 7) is 9.48. The Hall–Kier alpha value is -2.42. The van der Waals surface area contributed by atoms with Crippen molar-refractivity contribution in [2.24, 2.45) is 4.99 Å². The van der Waals surface area contributed by atoms with Gasteiger partial charge in [-0.15, -0.1) is 0 Å². The molecule has 2 aromatic rings. The Morgan fingerprint density at radius 2 is 2.25 bits per heavy atom. The summed E-state index contributed by atoms with van der Waals surface area (Å²) in [6, 6.07) is 7.94. The Morgan fingerprint density at radius 3 is 2.95 bits per heavy atom. The number of hydrogen-bond donors (Lipinski definition) is 1. The molecule has 0 bridgehead atoms. The lowest BCUT2D eigenvalue weighted by Crippen LogP contribution is -1.95. The molecule has 0 atom stereocenters. The second-order valence-corrected chi connectivity index (χ2v) is 4.64. The summed E-state index contributed by atoms with van der Waals surface area (Å²) in [5.41, 5.74) is 10.7. The summed E-state index contributed by atoms with van der Waals surface area (Å²) >= 11 is 0. The topological polar surface area (TPSA) is 51.3 Å². The third kappa shape index (κ3) is 2.94. The van der Waals surface area contributed by atoms with Crippen molar-refractivity contribution in [3.8, 4) is 0 Å². The number of aromatic nitrogens is 1. The van der Waals surface area contributed by atoms with E-state index < -0.39 is 0 Å². The fraction of sp³-hybridized carbons (Fsp3) is 0.176. The Balaban J connectivity index is 2.33. The van der Waals surface area contributed by atoms with Gasteiger partial charge < -0.3 is 5.73 Å². The molecule has 3 nitrogen and oxygen atoms in total. The molecule has 0 radical (unpaired) electrons. The molecular weight excluding hydrogens is 246 g/mol. The third-order valence-electron chi connectivity index (χ3n) is 3.37. The maximum Gasteiger partial charge on any atom is 0.0706 e. The summed E-state index contributed by atoms with van der Waals surface area (Å²) in [5, 5.41) is 1.06. The molecule has 2 rings (SSSR count). The van der Waals surface area contributed by atoms with Crippen LogP contribution in [0.15, 0.2) is 59.4 Å². The van der Waals surface area contributed by atoms with Crippen molar-refractivity contribution in [1.29, 1.82) is 0 Å². The van der Waals surface area contributed by atoms with Gasteiger partial charge in [-0.25, -0.2) is 0 Å². The minimum atomic E-state index is 0.727. The van der Waals surface area contributed by atoms with Gasteiger partial charge in [-0.05, 0) is 48.9 Å². The first kappa shape index (κ1) is 14.0. The van der Waals surface area contributed by atoms with E-state index in [4.69, 9.17) is 5.73 Å². The molecule has 0 aliphatic heterocycles. The summed E-state index contributed by atoms with van der Waals surface area (Å²) in [4.78, 5) is 8.25. The van der Waals surface area contributed by atoms with E-state index in [0.29, 0.717) is 0 Å². The Kier molecular flexibility index (Phi) is 4.31. The van der Waals surface area contributed by atoms with E-state index >= 15 is 0 Å². The van der Waals surface area contributed by atoms with Gasteiger partial charge in [0, 0.05) is 17.3 Å². The van der Waals surface area contributed by atoms with Crippen LogP contribution in [0, 0.1) is 0 Å². The van der Waals surface area contributed by atoms with Gasteiger partial charge in [-0.3, -0.25) is 9.98 Å². The summed E-state index contributed by atoms with van der Waals surface area (Å²) in [5.74, 6) is 0. The number of allylic oxidation sites excluding steroid dienone is 2. The highest BCUT2D eigenvalue weighted by molar-refractivity contribution is 5.83. The summed E-state index contributed by atoms with van der Waals surface area (Å²) in [7, 11) is 0. The average Bonchev–Trinajstić information content (AvgIpc) is 2.47. The molecule has 1 aromatic heterocycles. The van der Waals surface area contributed by atoms with E-state index in [1.807, 2.05) is 24.3 Å². The Labute approximate surface area is 119 Å². The molecule has 0 aliphatic carbocycles. The van der Waals surface area contributed by atoms with Gasteiger partial charge in [0.05, 0.1) is 11.2 Å². The summed E-state index contributed by atoms with van der Waals surface area (Å²) < 4.78 is 0. The predicted molar refractivity (Wildman–Crippen MR) is 86.9 cm³/mol. The maximum atomic E-state index is 6.11. The number of pyridine rings is 1. The number of nitrogens with two attached hydrogens (primary N) is 1. The van der Waals surface area contributed by atoms with Gasteiger partial charge in [0.25, 0.3) is 0 Å². The first-order valence-corrected chi connectivity index (χ1v) is 6.64. The lowest BCUT2D eigenvalue weighted by molar-refractivity contribution is 1.07. The standard InChI is InChI=1S/C17H19N3/c1-4-13(12(2)19-3)7-8-14-11-17-15(10-16(14)18)6-5-9-20-17/h5-7,9-11H,2-4,8,18H2,1H3/b13-7-. The van der Waals surface area contributed by atoms with E-state index in [-0.39, 0.29) is 0 Å². The maximum absolute atomic E-state index is 6.11. The first-order chi connectivity index (χ1) is 9.65. The molecule has 1 heterocycles. The number of anilines is 1. The molecule has 0 saturated carbocycles. The molecule has 20 heavy (non-hydrogen) atoms. The number of hydrogen-bond acceptors (Lipinski definition) is 3. The number of fused-ring (bicyclic) bond motifs is 1. The van der Waals surface area contributed by atoms with Crippen LogP contribution in [-0.4, -0.2) is 11.7 Å². The van der Waals surface area contributed by atoms with Crippen LogP contribution in [0.1, 0.15) is 18.9 Å². The molecule has 0 fully saturated rings. The van der Waals surface area contributed by atoms with Crippen LogP contribution in [-0.2, 0) is 6.42 Å². The van der Waals surface area contributed by atoms with E-state index in [9.17, 15) is 0 Å². The average molecular weight is 265 g/mol. The van der Waals surface area contributed by atoms with Gasteiger partial charge in [-0.1, -0.05) is 25.6 Å². The van der Waals surface area contributed by atoms with E-state index in [0.717, 1.165) is 46.3 Å². The molecule has 3 heteroatoms. The minimum absolute atomic E-state index is 0.727. The normalized spacial score (nSPS) is 11.6. The zero-order valence-corrected chi connectivity index (χ0v) is 11.8. The van der Waals surface area contributed by atoms with Gasteiger partial charge in [0.1, 0.15) is 0 Å². The van der Waals surface area contributed by atoms with E-state index in [2.05, 4.69) is 36.3 Å². The second-order valence-electron chi connectivity index (χ2n) is 4.64. The molecule has 0 saturated heterocycles. The van der Waals surface area contributed by atoms with Gasteiger partial charge >= 0.3 is 0 Å². The van der Waals surface area contributed by atoms with Crippen molar-refractivity contribution >= 4 is 23.3 Å². The third-order valence-corrected chi connectivity index (χ3v) is 3.37. The van der Waals surface area contributed by atoms with Gasteiger partial charge in [0.2, 0.25) is 0 Å². The molecule has 0 unspecified atom stereocenters. The van der Waals surface area contributed by atoms with Gasteiger partial charge in [0.15, 0.2) is 0 Å². The monoisotopic (exact) mass is 265 g/mol. The molecular formula is C17H19N3. The van der Waals surface area contributed by atoms with Crippen molar-refractivity contribution in [3.05, 3.63) is 60.0 Å². The zero-order chi connectivity index (χ0) is 14.5. The van der Waals surface area contributed by atoms with Gasteiger partial charge in [-0.2, -0.15) is 0 Å². The van der Waals surface area contributed by atoms with Crippen LogP contribution in [0.4, 0.5) is 5.69 Å². The number of aliphatic imine (C=N–C) groups is 1. The zero-order valence-electron chi connectivity index (χ0n) is 11.8. The molecule has 2 N–H and O–H groups in total. The predicted octanol–water partition coefficient (Wildman–Crippen LogP) is 3.91. The van der Waals surface area contributed by atoms with Crippen molar-refractivity contribution < 1.29 is 0 Å². The summed E-state index contributed by atoms with van der Waals surface area (Å²) in [6.07, 6.45) is 5.52. The number of nitrogen functional groups attached to an aromatic ring is 1. The van der Waals surface area contributed by atoms with Crippen LogP contribution in [0.5, 0.6) is 0 Å². The highest BCUT2D eigenvalue weighted by Gasteiger charge is 2.03. The minimum Gasteiger partial charge on any atom is -0.398 e. The van der Waals surface area contributed by atoms with Crippen LogP contribution >= 0.6 is 0 Å². The van der Waals surface area contributed by atoms with Crippen LogP contribution in [0.3, 0.4) is 0 Å². The molecule has 1 aromatic carbocycles. The van der Waals surface area contributed by atoms with Crippen LogP contribution < -0.4 is 5.73 Å². The quantitative estimate of drug-likeness (QED) is 0.506. The SMILES string of the molecule is C=NC(=C)/C(=C\Cc1cc2ncccc2cc1N)CC.